The van der Waals surface area contributed by atoms with E-state index in [0.717, 1.165) is 124 Å². The number of hydrogen-bond acceptors (Lipinski definition) is 12. The van der Waals surface area contributed by atoms with Crippen molar-refractivity contribution in [3.63, 3.8) is 0 Å². The van der Waals surface area contributed by atoms with E-state index in [1.54, 1.807) is 43.0 Å². The molecule has 0 aliphatic carbocycles. The van der Waals surface area contributed by atoms with Crippen LogP contribution in [0.15, 0.2) is 171 Å². The Morgan fingerprint density at radius 1 is 0.772 bits per heavy atom. The Hall–Kier alpha value is -9.25. The van der Waals surface area contributed by atoms with Crippen molar-refractivity contribution in [1.29, 1.82) is 0 Å². The SMILES string of the molecule is C=C(c1nc2c(-c3ccc(F)s3)cncc2[nH]1)c1cc(-c2cncc(CN3CCCC3)c2)ccc1N.C=C/C(=C\C(=C/C)c1ccc2[nH]nc(-c3nc4c(-c5ccc(F)s5)cncc4[nH]3)c2c1)NC(=C=O)c1ccccc1.CC. The van der Waals surface area contributed by atoms with E-state index in [-0.39, 0.29) is 10.3 Å². The van der Waals surface area contributed by atoms with Gasteiger partial charge in [-0.05, 0) is 122 Å². The number of hydrogen-bond donors (Lipinski definition) is 5. The number of anilines is 1. The molecule has 0 radical (unpaired) electrons. The normalized spacial score (nSPS) is 12.7. The minimum absolute atomic E-state index is 0.245. The fourth-order valence-corrected chi connectivity index (χ4v) is 10.9. The molecule has 9 heterocycles. The third kappa shape index (κ3) is 11.6. The molecular weight excluding hydrogens is 1030 g/mol. The van der Waals surface area contributed by atoms with Gasteiger partial charge in [0, 0.05) is 91.2 Å². The summed E-state index contributed by atoms with van der Waals surface area (Å²) in [6.07, 6.45) is 18.7. The average Bonchev–Trinajstić information content (AvgIpc) is 4.43. The maximum atomic E-state index is 13.7. The molecule has 0 amide bonds. The van der Waals surface area contributed by atoms with E-state index in [4.69, 9.17) is 15.7 Å². The fraction of sp³-hybridized carbons (Fsp3) is 0.129. The van der Waals surface area contributed by atoms with Crippen LogP contribution in [-0.4, -0.2) is 69.0 Å². The summed E-state index contributed by atoms with van der Waals surface area (Å²) in [5.41, 5.74) is 21.2. The quantitative estimate of drug-likeness (QED) is 0.0399. The number of nitrogens with two attached hydrogens (primary N) is 1. The number of aromatic nitrogens is 9. The molecule has 11 aromatic rings. The molecule has 394 valence electrons. The number of nitrogens with zero attached hydrogens (tertiary/aromatic N) is 7. The lowest BCUT2D eigenvalue weighted by Gasteiger charge is -2.15. The molecule has 0 spiro atoms. The molecule has 3 aromatic carbocycles. The number of likely N-dealkylation sites (tertiary alicyclic amines) is 1. The number of allylic oxidation sites excluding steroid dienone is 4. The molecule has 13 nitrogen and oxygen atoms in total. The Morgan fingerprint density at radius 3 is 2.11 bits per heavy atom. The lowest BCUT2D eigenvalue weighted by atomic mass is 9.98. The lowest BCUT2D eigenvalue weighted by molar-refractivity contribution is 0.331. The maximum absolute atomic E-state index is 13.7. The van der Waals surface area contributed by atoms with Crippen LogP contribution in [0.4, 0.5) is 14.5 Å². The number of aromatic amines is 3. The molecule has 1 aliphatic rings. The zero-order valence-electron chi connectivity index (χ0n) is 43.6. The summed E-state index contributed by atoms with van der Waals surface area (Å²) in [7, 11) is 0. The predicted molar refractivity (Wildman–Crippen MR) is 318 cm³/mol. The average molecular weight is 1090 g/mol. The molecule has 1 saturated heterocycles. The molecule has 1 fully saturated rings. The monoisotopic (exact) mass is 1080 g/mol. The Morgan fingerprint density at radius 2 is 1.46 bits per heavy atom. The molecule has 17 heteroatoms. The zero-order valence-corrected chi connectivity index (χ0v) is 45.2. The third-order valence-electron chi connectivity index (χ3n) is 13.3. The first-order chi connectivity index (χ1) is 38.6. The molecular formula is C62H54F2N12OS2. The molecule has 12 rings (SSSR count). The van der Waals surface area contributed by atoms with Crippen LogP contribution in [0.3, 0.4) is 0 Å². The smallest absolute Gasteiger partial charge is 0.176 e. The third-order valence-corrected chi connectivity index (χ3v) is 15.1. The van der Waals surface area contributed by atoms with Crippen LogP contribution < -0.4 is 11.1 Å². The first-order valence-corrected chi connectivity index (χ1v) is 27.3. The van der Waals surface area contributed by atoms with Gasteiger partial charge in [0.25, 0.3) is 0 Å². The van der Waals surface area contributed by atoms with Crippen molar-refractivity contribution in [1.82, 2.24) is 55.3 Å². The van der Waals surface area contributed by atoms with Gasteiger partial charge in [-0.25, -0.2) is 14.8 Å². The van der Waals surface area contributed by atoms with Gasteiger partial charge in [0.15, 0.2) is 22.0 Å². The number of imidazole rings is 2. The van der Waals surface area contributed by atoms with Crippen LogP contribution in [0.25, 0.3) is 93.3 Å². The number of nitrogen functional groups attached to an aromatic ring is 1. The van der Waals surface area contributed by atoms with Gasteiger partial charge in [-0.2, -0.15) is 13.9 Å². The van der Waals surface area contributed by atoms with Gasteiger partial charge in [-0.15, -0.1) is 22.7 Å². The van der Waals surface area contributed by atoms with Crippen molar-refractivity contribution in [2.45, 2.75) is 40.2 Å². The van der Waals surface area contributed by atoms with Crippen LogP contribution in [0.1, 0.15) is 61.7 Å². The van der Waals surface area contributed by atoms with Gasteiger partial charge < -0.3 is 21.0 Å². The minimum atomic E-state index is -0.263. The number of carbonyl (C=O) groups excluding carboxylic acids is 1. The van der Waals surface area contributed by atoms with E-state index >= 15 is 0 Å². The van der Waals surface area contributed by atoms with Crippen molar-refractivity contribution in [2.75, 3.05) is 18.8 Å². The number of fused-ring (bicyclic) bond motifs is 3. The summed E-state index contributed by atoms with van der Waals surface area (Å²) in [5, 5.41) is 11.1. The molecule has 0 atom stereocenters. The van der Waals surface area contributed by atoms with E-state index in [0.29, 0.717) is 45.5 Å². The Kier molecular flexibility index (Phi) is 16.1. The van der Waals surface area contributed by atoms with Crippen molar-refractivity contribution in [2.24, 2.45) is 0 Å². The van der Waals surface area contributed by atoms with Crippen LogP contribution in [0.5, 0.6) is 0 Å². The first-order valence-electron chi connectivity index (χ1n) is 25.6. The van der Waals surface area contributed by atoms with Crippen LogP contribution in [0, 0.1) is 10.3 Å². The summed E-state index contributed by atoms with van der Waals surface area (Å²) >= 11 is 2.12. The molecule has 0 saturated carbocycles. The van der Waals surface area contributed by atoms with Crippen LogP contribution >= 0.6 is 22.7 Å². The van der Waals surface area contributed by atoms with Crippen LogP contribution in [-0.2, 0) is 11.3 Å². The number of halogens is 2. The second-order valence-electron chi connectivity index (χ2n) is 18.2. The predicted octanol–water partition coefficient (Wildman–Crippen LogP) is 14.5. The highest BCUT2D eigenvalue weighted by atomic mass is 32.1. The van der Waals surface area contributed by atoms with E-state index in [1.165, 1.54) is 30.5 Å². The number of rotatable bonds is 14. The summed E-state index contributed by atoms with van der Waals surface area (Å²) in [6.45, 7) is 17.4. The van der Waals surface area contributed by atoms with Gasteiger partial charge in [0.1, 0.15) is 28.2 Å². The van der Waals surface area contributed by atoms with Gasteiger partial charge in [0.2, 0.25) is 0 Å². The second-order valence-corrected chi connectivity index (χ2v) is 20.3. The highest BCUT2D eigenvalue weighted by Crippen LogP contribution is 2.37. The Labute approximate surface area is 462 Å². The van der Waals surface area contributed by atoms with Crippen molar-refractivity contribution in [3.8, 4) is 43.5 Å². The maximum Gasteiger partial charge on any atom is 0.176 e. The number of thiophene rings is 2. The first kappa shape index (κ1) is 53.2. The molecule has 1 aliphatic heterocycles. The lowest BCUT2D eigenvalue weighted by Crippen LogP contribution is -2.18. The summed E-state index contributed by atoms with van der Waals surface area (Å²) in [5.74, 6) is 3.16. The van der Waals surface area contributed by atoms with E-state index < -0.39 is 0 Å². The standard InChI is InChI=1S/C32H23FN6OS.C28H25FN6S.C2H6/c1-3-19(14-22(4-2)35-27(18-40)20-8-6-5-7-9-20)21-10-11-25-23(15-21)31(39-38-25)32-36-26-17-34-16-24(30(26)37-32)28-12-13-29(33)41-28;1-17(28-33-24-15-32-14-22(27(24)34-28)25-6-7-26(29)36-25)21-11-19(4-5-23(21)30)20-10-18(12-31-13-20)16-35-8-2-3-9-35;1-2/h3-17,35H,2H2,1H3,(H,36,37)(H,38,39);4-7,10-15H,1-3,8-9,16,30H2,(H,33,34);1-2H3/b19-3+,22-14+;;. The Bertz CT molecular complexity index is 4130. The highest BCUT2D eigenvalue weighted by molar-refractivity contribution is 7.14. The van der Waals surface area contributed by atoms with Crippen LogP contribution in [0.2, 0.25) is 0 Å². The van der Waals surface area contributed by atoms with Gasteiger partial charge in [0.05, 0.1) is 28.9 Å². The summed E-state index contributed by atoms with van der Waals surface area (Å²) < 4.78 is 27.4. The Balaban J connectivity index is 0.000000174. The largest absolute Gasteiger partial charge is 0.398 e. The van der Waals surface area contributed by atoms with E-state index in [1.807, 2.05) is 118 Å². The van der Waals surface area contributed by atoms with Gasteiger partial charge in [-0.3, -0.25) is 25.0 Å². The minimum Gasteiger partial charge on any atom is -0.398 e. The number of benzene rings is 3. The molecule has 6 N–H and O–H groups in total. The molecule has 79 heavy (non-hydrogen) atoms. The number of pyridine rings is 3. The number of H-pyrrole nitrogens is 3. The summed E-state index contributed by atoms with van der Waals surface area (Å²) in [4.78, 5) is 45.1. The zero-order chi connectivity index (χ0) is 55.0. The van der Waals surface area contributed by atoms with Gasteiger partial charge in [-0.1, -0.05) is 75.5 Å². The fourth-order valence-electron chi connectivity index (χ4n) is 9.38. The van der Waals surface area contributed by atoms with Crippen molar-refractivity contribution in [3.05, 3.63) is 210 Å². The van der Waals surface area contributed by atoms with Gasteiger partial charge >= 0.3 is 0 Å². The molecule has 8 aromatic heterocycles. The second kappa shape index (κ2) is 24.0. The molecule has 0 unspecified atom stereocenters. The summed E-state index contributed by atoms with van der Waals surface area (Å²) in [6, 6.07) is 29.8. The van der Waals surface area contributed by atoms with Crippen molar-refractivity contribution >= 4 is 84.1 Å². The van der Waals surface area contributed by atoms with E-state index in [2.05, 4.69) is 64.6 Å². The molecule has 0 bridgehead atoms. The van der Waals surface area contributed by atoms with E-state index in [9.17, 15) is 13.6 Å². The highest BCUT2D eigenvalue weighted by Gasteiger charge is 2.20. The topological polar surface area (TPSA) is 183 Å². The number of nitrogens with one attached hydrogen (secondary N) is 4. The van der Waals surface area contributed by atoms with Crippen molar-refractivity contribution < 1.29 is 13.6 Å².